The van der Waals surface area contributed by atoms with Gasteiger partial charge in [0.25, 0.3) is 11.6 Å². The Morgan fingerprint density at radius 3 is 2.66 bits per heavy atom. The number of amides is 3. The second-order valence-electron chi connectivity index (χ2n) is 6.62. The molecule has 146 valence electrons. The average Bonchev–Trinajstić information content (AvgIpc) is 3.06. The van der Waals surface area contributed by atoms with Crippen LogP contribution >= 0.6 is 0 Å². The molecule has 0 spiro atoms. The summed E-state index contributed by atoms with van der Waals surface area (Å²) < 4.78 is 0. The fourth-order valence-corrected chi connectivity index (χ4v) is 3.38. The molecule has 3 amide bonds. The minimum absolute atomic E-state index is 0.0398. The van der Waals surface area contributed by atoms with Crippen LogP contribution < -0.4 is 10.2 Å². The van der Waals surface area contributed by atoms with Crippen molar-refractivity contribution >= 4 is 39.9 Å². The van der Waals surface area contributed by atoms with Crippen molar-refractivity contribution in [1.82, 2.24) is 9.88 Å². The lowest BCUT2D eigenvalue weighted by Crippen LogP contribution is -2.29. The Bertz CT molecular complexity index is 1150. The summed E-state index contributed by atoms with van der Waals surface area (Å²) in [6.07, 6.45) is 1.57. The number of nitro groups is 1. The fraction of sp³-hybridized carbons (Fsp3) is 0.150. The summed E-state index contributed by atoms with van der Waals surface area (Å²) in [5, 5.41) is 14.6. The van der Waals surface area contributed by atoms with Crippen LogP contribution in [0, 0.1) is 10.1 Å². The molecule has 1 aromatic heterocycles. The van der Waals surface area contributed by atoms with Crippen molar-refractivity contribution in [2.24, 2.45) is 0 Å². The number of nitrogens with one attached hydrogen (secondary N) is 1. The van der Waals surface area contributed by atoms with Gasteiger partial charge in [0, 0.05) is 37.8 Å². The van der Waals surface area contributed by atoms with Gasteiger partial charge >= 0.3 is 6.03 Å². The van der Waals surface area contributed by atoms with E-state index >= 15 is 0 Å². The molecule has 4 rings (SSSR count). The Kier molecular flexibility index (Phi) is 4.55. The van der Waals surface area contributed by atoms with E-state index < -0.39 is 10.8 Å². The predicted octanol–water partition coefficient (Wildman–Crippen LogP) is 3.27. The molecule has 29 heavy (non-hydrogen) atoms. The molecule has 9 heteroatoms. The molecular weight excluding hydrogens is 374 g/mol. The van der Waals surface area contributed by atoms with E-state index in [4.69, 9.17) is 0 Å². The van der Waals surface area contributed by atoms with Gasteiger partial charge in [0.05, 0.1) is 21.8 Å². The molecule has 2 heterocycles. The highest BCUT2D eigenvalue weighted by Crippen LogP contribution is 2.32. The predicted molar refractivity (Wildman–Crippen MR) is 108 cm³/mol. The molecule has 2 aromatic carbocycles. The maximum Gasteiger partial charge on any atom is 0.324 e. The molecule has 0 radical (unpaired) electrons. The average molecular weight is 391 g/mol. The number of pyridine rings is 1. The second kappa shape index (κ2) is 7.19. The molecule has 1 aliphatic rings. The number of carbonyl (C=O) groups is 2. The third-order valence-electron chi connectivity index (χ3n) is 4.85. The molecule has 0 atom stereocenters. The molecule has 0 bridgehead atoms. The van der Waals surface area contributed by atoms with Gasteiger partial charge in [-0.1, -0.05) is 24.3 Å². The first kappa shape index (κ1) is 18.4. The van der Waals surface area contributed by atoms with Crippen molar-refractivity contribution in [2.75, 3.05) is 30.4 Å². The highest BCUT2D eigenvalue weighted by Gasteiger charge is 2.28. The maximum absolute atomic E-state index is 12.7. The lowest BCUT2D eigenvalue weighted by atomic mass is 10.1. The summed E-state index contributed by atoms with van der Waals surface area (Å²) in [5.41, 5.74) is 1.30. The summed E-state index contributed by atoms with van der Waals surface area (Å²) in [6, 6.07) is 12.6. The van der Waals surface area contributed by atoms with E-state index in [1.54, 1.807) is 47.3 Å². The zero-order chi connectivity index (χ0) is 20.5. The first-order chi connectivity index (χ1) is 14.0. The number of benzene rings is 2. The zero-order valence-corrected chi connectivity index (χ0v) is 15.5. The molecule has 1 saturated heterocycles. The van der Waals surface area contributed by atoms with Crippen LogP contribution in [0.1, 0.15) is 10.4 Å². The number of hydrogen-bond acceptors (Lipinski definition) is 5. The second-order valence-corrected chi connectivity index (χ2v) is 6.62. The molecule has 9 nitrogen and oxygen atoms in total. The summed E-state index contributed by atoms with van der Waals surface area (Å²) in [5.74, 6) is -0.603. The molecule has 0 saturated carbocycles. The third kappa shape index (κ3) is 3.22. The van der Waals surface area contributed by atoms with Gasteiger partial charge in [0.1, 0.15) is 5.56 Å². The van der Waals surface area contributed by atoms with E-state index in [0.717, 1.165) is 0 Å². The SMILES string of the molecule is CN1CCN(c2ccnc3c(NC(=O)c4ccccc4[N+](=O)[O-])cccc23)C1=O. The first-order valence-corrected chi connectivity index (χ1v) is 8.92. The largest absolute Gasteiger partial charge is 0.326 e. The van der Waals surface area contributed by atoms with Crippen LogP contribution in [0.5, 0.6) is 0 Å². The van der Waals surface area contributed by atoms with Crippen LogP contribution in [0.4, 0.5) is 21.9 Å². The number of nitro benzene ring substituents is 1. The fourth-order valence-electron chi connectivity index (χ4n) is 3.38. The number of urea groups is 1. The van der Waals surface area contributed by atoms with Gasteiger partial charge in [0.15, 0.2) is 0 Å². The minimum atomic E-state index is -0.603. The number of carbonyl (C=O) groups excluding carboxylic acids is 2. The molecule has 1 fully saturated rings. The topological polar surface area (TPSA) is 109 Å². The number of para-hydroxylation sites is 2. The minimum Gasteiger partial charge on any atom is -0.326 e. The lowest BCUT2D eigenvalue weighted by Gasteiger charge is -2.18. The van der Waals surface area contributed by atoms with Gasteiger partial charge in [-0.25, -0.2) is 4.79 Å². The van der Waals surface area contributed by atoms with E-state index in [-0.39, 0.29) is 17.3 Å². The highest BCUT2D eigenvalue weighted by atomic mass is 16.6. The van der Waals surface area contributed by atoms with E-state index in [2.05, 4.69) is 10.3 Å². The number of likely N-dealkylation sites (N-methyl/N-ethyl adjacent to an activating group) is 1. The van der Waals surface area contributed by atoms with Crippen LogP contribution in [0.3, 0.4) is 0 Å². The smallest absolute Gasteiger partial charge is 0.324 e. The Morgan fingerprint density at radius 2 is 1.93 bits per heavy atom. The number of rotatable bonds is 4. The standard InChI is InChI=1S/C20H17N5O4/c1-23-11-12-24(20(23)27)16-9-10-21-18-13(16)6-4-7-15(18)22-19(26)14-5-2-3-8-17(14)25(28)29/h2-10H,11-12H2,1H3,(H,22,26). The van der Waals surface area contributed by atoms with Crippen molar-refractivity contribution < 1.29 is 14.5 Å². The van der Waals surface area contributed by atoms with Crippen LogP contribution in [-0.4, -0.2) is 46.9 Å². The molecule has 0 aliphatic carbocycles. The number of fused-ring (bicyclic) bond motifs is 1. The van der Waals surface area contributed by atoms with Crippen LogP contribution in [0.15, 0.2) is 54.7 Å². The van der Waals surface area contributed by atoms with Crippen molar-refractivity contribution in [3.8, 4) is 0 Å². The summed E-state index contributed by atoms with van der Waals surface area (Å²) in [6.45, 7) is 1.18. The normalized spacial score (nSPS) is 13.8. The van der Waals surface area contributed by atoms with E-state index in [0.29, 0.717) is 35.4 Å². The van der Waals surface area contributed by atoms with Crippen LogP contribution in [-0.2, 0) is 0 Å². The number of hydrogen-bond donors (Lipinski definition) is 1. The van der Waals surface area contributed by atoms with E-state index in [9.17, 15) is 19.7 Å². The van der Waals surface area contributed by atoms with Crippen molar-refractivity contribution in [1.29, 1.82) is 0 Å². The van der Waals surface area contributed by atoms with Crippen LogP contribution in [0.25, 0.3) is 10.9 Å². The molecule has 1 aliphatic heterocycles. The zero-order valence-electron chi connectivity index (χ0n) is 15.5. The van der Waals surface area contributed by atoms with Crippen LogP contribution in [0.2, 0.25) is 0 Å². The van der Waals surface area contributed by atoms with Crippen molar-refractivity contribution in [3.63, 3.8) is 0 Å². The summed E-state index contributed by atoms with van der Waals surface area (Å²) in [7, 11) is 1.74. The molecule has 1 N–H and O–H groups in total. The van der Waals surface area contributed by atoms with Gasteiger partial charge < -0.3 is 10.2 Å². The highest BCUT2D eigenvalue weighted by molar-refractivity contribution is 6.12. The summed E-state index contributed by atoms with van der Waals surface area (Å²) >= 11 is 0. The maximum atomic E-state index is 12.7. The van der Waals surface area contributed by atoms with Gasteiger partial charge in [-0.05, 0) is 18.2 Å². The van der Waals surface area contributed by atoms with Crippen molar-refractivity contribution in [2.45, 2.75) is 0 Å². The van der Waals surface area contributed by atoms with Gasteiger partial charge in [-0.15, -0.1) is 0 Å². The van der Waals surface area contributed by atoms with Gasteiger partial charge in [-0.2, -0.15) is 0 Å². The first-order valence-electron chi connectivity index (χ1n) is 8.92. The number of aromatic nitrogens is 1. The number of anilines is 2. The molecule has 0 unspecified atom stereocenters. The Balaban J connectivity index is 1.73. The quantitative estimate of drug-likeness (QED) is 0.542. The lowest BCUT2D eigenvalue weighted by molar-refractivity contribution is -0.385. The Hall–Kier alpha value is -4.01. The monoisotopic (exact) mass is 391 g/mol. The Morgan fingerprint density at radius 1 is 1.14 bits per heavy atom. The van der Waals surface area contributed by atoms with Gasteiger partial charge in [0.2, 0.25) is 0 Å². The Labute approximate surface area is 165 Å². The van der Waals surface area contributed by atoms with Crippen molar-refractivity contribution in [3.05, 3.63) is 70.4 Å². The van der Waals surface area contributed by atoms with E-state index in [1.807, 2.05) is 6.07 Å². The van der Waals surface area contributed by atoms with Gasteiger partial charge in [-0.3, -0.25) is 24.8 Å². The number of nitrogens with zero attached hydrogens (tertiary/aromatic N) is 4. The third-order valence-corrected chi connectivity index (χ3v) is 4.85. The molecule has 3 aromatic rings. The molecular formula is C20H17N5O4. The summed E-state index contributed by atoms with van der Waals surface area (Å²) in [4.78, 5) is 43.4. The van der Waals surface area contributed by atoms with E-state index in [1.165, 1.54) is 18.2 Å².